The zero-order valence-electron chi connectivity index (χ0n) is 16.4. The molecule has 0 spiro atoms. The van der Waals surface area contributed by atoms with Gasteiger partial charge in [-0.25, -0.2) is 0 Å². The molecule has 1 saturated heterocycles. The van der Waals surface area contributed by atoms with E-state index >= 15 is 0 Å². The average molecular weight is 392 g/mol. The van der Waals surface area contributed by atoms with Gasteiger partial charge in [0.2, 0.25) is 0 Å². The van der Waals surface area contributed by atoms with Gasteiger partial charge in [0, 0.05) is 29.7 Å². The molecule has 1 aromatic heterocycles. The Bertz CT molecular complexity index is 1020. The fourth-order valence-corrected chi connectivity index (χ4v) is 3.64. The molecule has 0 aliphatic carbocycles. The standard InChI is InChI=1S/C22H24N4O3/c1-29-17-10-11-19-18(14-17)20(25-24-19)21(27)23-16-8-6-15(7-9-16)22(28)26-12-4-2-3-5-13-26/h6-11,14H,2-5,12-13H2,1H3,(H,23,27)(H,24,25). The molecule has 1 aliphatic rings. The maximum atomic E-state index is 12.7. The van der Waals surface area contributed by atoms with Gasteiger partial charge in [-0.1, -0.05) is 12.8 Å². The van der Waals surface area contributed by atoms with Crippen molar-refractivity contribution in [3.63, 3.8) is 0 Å². The third-order valence-corrected chi connectivity index (χ3v) is 5.27. The number of ether oxygens (including phenoxy) is 1. The van der Waals surface area contributed by atoms with E-state index in [0.717, 1.165) is 31.4 Å². The second-order valence-corrected chi connectivity index (χ2v) is 7.22. The molecule has 0 radical (unpaired) electrons. The van der Waals surface area contributed by atoms with Crippen molar-refractivity contribution < 1.29 is 14.3 Å². The Hall–Kier alpha value is -3.35. The normalized spacial score (nSPS) is 14.4. The van der Waals surface area contributed by atoms with Crippen molar-refractivity contribution >= 4 is 28.4 Å². The summed E-state index contributed by atoms with van der Waals surface area (Å²) in [6, 6.07) is 12.4. The van der Waals surface area contributed by atoms with Crippen LogP contribution in [0.4, 0.5) is 5.69 Å². The van der Waals surface area contributed by atoms with Gasteiger partial charge in [0.15, 0.2) is 5.69 Å². The van der Waals surface area contributed by atoms with Gasteiger partial charge in [-0.3, -0.25) is 14.7 Å². The Labute approximate surface area is 169 Å². The van der Waals surface area contributed by atoms with Gasteiger partial charge in [0.1, 0.15) is 5.75 Å². The van der Waals surface area contributed by atoms with Crippen LogP contribution in [0.25, 0.3) is 10.9 Å². The molecule has 1 aliphatic heterocycles. The molecule has 2 heterocycles. The van der Waals surface area contributed by atoms with Gasteiger partial charge < -0.3 is 15.0 Å². The largest absolute Gasteiger partial charge is 0.497 e. The topological polar surface area (TPSA) is 87.3 Å². The van der Waals surface area contributed by atoms with Crippen molar-refractivity contribution in [2.75, 3.05) is 25.5 Å². The van der Waals surface area contributed by atoms with Crippen LogP contribution >= 0.6 is 0 Å². The molecule has 7 heteroatoms. The zero-order chi connectivity index (χ0) is 20.2. The summed E-state index contributed by atoms with van der Waals surface area (Å²) in [6.07, 6.45) is 4.48. The third-order valence-electron chi connectivity index (χ3n) is 5.27. The molecule has 2 aromatic carbocycles. The molecule has 1 fully saturated rings. The molecule has 2 N–H and O–H groups in total. The van der Waals surface area contributed by atoms with Crippen LogP contribution < -0.4 is 10.1 Å². The van der Waals surface area contributed by atoms with E-state index in [-0.39, 0.29) is 11.8 Å². The van der Waals surface area contributed by atoms with Crippen LogP contribution in [-0.4, -0.2) is 47.1 Å². The maximum absolute atomic E-state index is 12.7. The third kappa shape index (κ3) is 4.08. The average Bonchev–Trinajstić information content (AvgIpc) is 2.98. The molecule has 0 atom stereocenters. The maximum Gasteiger partial charge on any atom is 0.276 e. The number of rotatable bonds is 4. The first-order valence-corrected chi connectivity index (χ1v) is 9.88. The molecule has 150 valence electrons. The Morgan fingerprint density at radius 3 is 2.45 bits per heavy atom. The summed E-state index contributed by atoms with van der Waals surface area (Å²) >= 11 is 0. The van der Waals surface area contributed by atoms with Crippen LogP contribution in [0.2, 0.25) is 0 Å². The van der Waals surface area contributed by atoms with Gasteiger partial charge in [-0.15, -0.1) is 0 Å². The summed E-state index contributed by atoms with van der Waals surface area (Å²) in [4.78, 5) is 27.3. The number of methoxy groups -OCH3 is 1. The van der Waals surface area contributed by atoms with E-state index < -0.39 is 0 Å². The molecular weight excluding hydrogens is 368 g/mol. The highest BCUT2D eigenvalue weighted by Gasteiger charge is 2.18. The van der Waals surface area contributed by atoms with E-state index in [9.17, 15) is 9.59 Å². The second kappa shape index (κ2) is 8.34. The highest BCUT2D eigenvalue weighted by molar-refractivity contribution is 6.11. The minimum atomic E-state index is -0.323. The smallest absolute Gasteiger partial charge is 0.276 e. The highest BCUT2D eigenvalue weighted by atomic mass is 16.5. The van der Waals surface area contributed by atoms with E-state index in [1.807, 2.05) is 17.0 Å². The van der Waals surface area contributed by atoms with E-state index in [4.69, 9.17) is 4.74 Å². The molecular formula is C22H24N4O3. The number of fused-ring (bicyclic) bond motifs is 1. The van der Waals surface area contributed by atoms with Crippen molar-refractivity contribution in [2.45, 2.75) is 25.7 Å². The number of carbonyl (C=O) groups excluding carboxylic acids is 2. The number of amides is 2. The first kappa shape index (κ1) is 19.0. The number of anilines is 1. The summed E-state index contributed by atoms with van der Waals surface area (Å²) in [6.45, 7) is 1.63. The zero-order valence-corrected chi connectivity index (χ0v) is 16.4. The summed E-state index contributed by atoms with van der Waals surface area (Å²) in [7, 11) is 1.58. The molecule has 0 saturated carbocycles. The van der Waals surface area contributed by atoms with Crippen molar-refractivity contribution in [3.05, 3.63) is 53.7 Å². The summed E-state index contributed by atoms with van der Waals surface area (Å²) < 4.78 is 5.23. The number of hydrogen-bond acceptors (Lipinski definition) is 4. The van der Waals surface area contributed by atoms with Crippen LogP contribution in [-0.2, 0) is 0 Å². The van der Waals surface area contributed by atoms with E-state index in [1.165, 1.54) is 12.8 Å². The number of carbonyl (C=O) groups is 2. The lowest BCUT2D eigenvalue weighted by molar-refractivity contribution is 0.0761. The fourth-order valence-electron chi connectivity index (χ4n) is 3.64. The quantitative estimate of drug-likeness (QED) is 0.706. The van der Waals surface area contributed by atoms with Crippen molar-refractivity contribution in [3.8, 4) is 5.75 Å². The van der Waals surface area contributed by atoms with E-state index in [2.05, 4.69) is 15.5 Å². The number of likely N-dealkylation sites (tertiary alicyclic amines) is 1. The number of aromatic nitrogens is 2. The predicted octanol–water partition coefficient (Wildman–Crippen LogP) is 3.84. The van der Waals surface area contributed by atoms with Gasteiger partial charge in [-0.05, 0) is 55.3 Å². The number of nitrogens with zero attached hydrogens (tertiary/aromatic N) is 2. The predicted molar refractivity (Wildman–Crippen MR) is 111 cm³/mol. The molecule has 3 aromatic rings. The van der Waals surface area contributed by atoms with Crippen molar-refractivity contribution in [2.24, 2.45) is 0 Å². The SMILES string of the molecule is COc1ccc2[nH]nc(C(=O)Nc3ccc(C(=O)N4CCCCCC4)cc3)c2c1. The van der Waals surface area contributed by atoms with Crippen molar-refractivity contribution in [1.29, 1.82) is 0 Å². The molecule has 0 bridgehead atoms. The van der Waals surface area contributed by atoms with Crippen LogP contribution in [0.3, 0.4) is 0 Å². The van der Waals surface area contributed by atoms with Gasteiger partial charge in [0.05, 0.1) is 12.6 Å². The lowest BCUT2D eigenvalue weighted by Gasteiger charge is -2.20. The van der Waals surface area contributed by atoms with Crippen molar-refractivity contribution in [1.82, 2.24) is 15.1 Å². The molecule has 0 unspecified atom stereocenters. The number of benzene rings is 2. The Morgan fingerprint density at radius 2 is 1.76 bits per heavy atom. The van der Waals surface area contributed by atoms with Gasteiger partial charge in [-0.2, -0.15) is 5.10 Å². The van der Waals surface area contributed by atoms with Crippen LogP contribution in [0.1, 0.15) is 46.5 Å². The highest BCUT2D eigenvalue weighted by Crippen LogP contribution is 2.23. The Kier molecular flexibility index (Phi) is 5.46. The first-order valence-electron chi connectivity index (χ1n) is 9.88. The van der Waals surface area contributed by atoms with Gasteiger partial charge >= 0.3 is 0 Å². The van der Waals surface area contributed by atoms with Gasteiger partial charge in [0.25, 0.3) is 11.8 Å². The number of hydrogen-bond donors (Lipinski definition) is 2. The van der Waals surface area contributed by atoms with E-state index in [1.54, 1.807) is 37.4 Å². The van der Waals surface area contributed by atoms with Crippen LogP contribution in [0.5, 0.6) is 5.75 Å². The molecule has 7 nitrogen and oxygen atoms in total. The number of aromatic amines is 1. The lowest BCUT2D eigenvalue weighted by atomic mass is 10.1. The summed E-state index contributed by atoms with van der Waals surface area (Å²) in [5.41, 5.74) is 2.30. The Morgan fingerprint density at radius 1 is 1.03 bits per heavy atom. The fraction of sp³-hybridized carbons (Fsp3) is 0.318. The minimum Gasteiger partial charge on any atom is -0.497 e. The van der Waals surface area contributed by atoms with Crippen LogP contribution in [0.15, 0.2) is 42.5 Å². The van der Waals surface area contributed by atoms with Crippen LogP contribution in [0, 0.1) is 0 Å². The monoisotopic (exact) mass is 392 g/mol. The second-order valence-electron chi connectivity index (χ2n) is 7.22. The number of H-pyrrole nitrogens is 1. The van der Waals surface area contributed by atoms with E-state index in [0.29, 0.717) is 28.1 Å². The minimum absolute atomic E-state index is 0.0511. The first-order chi connectivity index (χ1) is 14.2. The lowest BCUT2D eigenvalue weighted by Crippen LogP contribution is -2.31. The summed E-state index contributed by atoms with van der Waals surface area (Å²) in [5.74, 6) is 0.385. The molecule has 29 heavy (non-hydrogen) atoms. The molecule has 4 rings (SSSR count). The Balaban J connectivity index is 1.47. The summed E-state index contributed by atoms with van der Waals surface area (Å²) in [5, 5.41) is 10.5. The molecule has 2 amide bonds. The number of nitrogens with one attached hydrogen (secondary N) is 2.